The molecule has 0 fully saturated rings. The van der Waals surface area contributed by atoms with Gasteiger partial charge in [0, 0.05) is 6.20 Å². The Morgan fingerprint density at radius 1 is 1.86 bits per heavy atom. The molecule has 0 aliphatic heterocycles. The quantitative estimate of drug-likeness (QED) is 0.494. The lowest BCUT2D eigenvalue weighted by Gasteiger charge is -1.99. The summed E-state index contributed by atoms with van der Waals surface area (Å²) in [5.74, 6) is 0. The van der Waals surface area contributed by atoms with E-state index in [1.165, 1.54) is 12.4 Å². The van der Waals surface area contributed by atoms with E-state index in [2.05, 4.69) is 5.10 Å². The minimum absolute atomic E-state index is 0.958. The smallest absolute Gasteiger partial charge is 0.430 e. The number of aromatic nitrogens is 2. The molecule has 0 bridgehead atoms. The van der Waals surface area contributed by atoms with Gasteiger partial charge in [-0.05, 0) is 0 Å². The van der Waals surface area contributed by atoms with Gasteiger partial charge in [0.05, 0.1) is 6.20 Å². The van der Waals surface area contributed by atoms with Gasteiger partial charge in [0.25, 0.3) is 0 Å². The number of carboxylic acid groups (broad SMARTS) is 1. The first-order chi connectivity index (χ1) is 3.30. The lowest BCUT2D eigenvalue weighted by molar-refractivity contribution is 0.190. The predicted molar refractivity (Wildman–Crippen MR) is 22.2 cm³/mol. The average Bonchev–Trinajstić information content (AvgIpc) is 1.23. The highest BCUT2D eigenvalue weighted by molar-refractivity contribution is 5.66. The van der Waals surface area contributed by atoms with E-state index < -0.39 is 6.09 Å². The molecule has 0 aromatic carbocycles. The molecule has 2 N–H and O–H groups in total. The highest BCUT2D eigenvalue weighted by atomic mass is 16.4. The first-order valence-corrected chi connectivity index (χ1v) is 1.76. The molecule has 0 aliphatic carbocycles. The van der Waals surface area contributed by atoms with Crippen LogP contribution in [0.4, 0.5) is 4.79 Å². The fourth-order valence-corrected chi connectivity index (χ4v) is 0.268. The number of carbonyl (C=O) groups is 1. The van der Waals surface area contributed by atoms with Gasteiger partial charge >= 0.3 is 6.09 Å². The molecule has 38 valence electrons. The van der Waals surface area contributed by atoms with E-state index >= 15 is 0 Å². The molecular weight excluding hydrogens is 96.0 g/mol. The molecule has 1 aromatic heterocycles. The lowest BCUT2D eigenvalue weighted by Crippen LogP contribution is -2.13. The van der Waals surface area contributed by atoms with Gasteiger partial charge in [-0.2, -0.15) is 4.68 Å². The number of aromatic amines is 1. The first-order valence-electron chi connectivity index (χ1n) is 1.76. The molecule has 0 radical (unpaired) electrons. The normalized spacial score (nSPS) is 9.14. The zero-order chi connectivity index (χ0) is 5.28. The molecule has 0 amide bonds. The van der Waals surface area contributed by atoms with Crippen LogP contribution < -0.4 is 0 Å². The topological polar surface area (TPSA) is 58.0 Å². The van der Waals surface area contributed by atoms with Gasteiger partial charge < -0.3 is 5.11 Å². The Balaban J connectivity index is 2.73. The van der Waals surface area contributed by atoms with Crippen LogP contribution >= 0.6 is 0 Å². The van der Waals surface area contributed by atoms with E-state index in [0.717, 1.165) is 4.68 Å². The van der Waals surface area contributed by atoms with Crippen molar-refractivity contribution in [3.8, 4) is 0 Å². The molecule has 0 unspecified atom stereocenters. The van der Waals surface area contributed by atoms with Crippen molar-refractivity contribution >= 4 is 6.09 Å². The fraction of sp³-hybridized carbons (Fsp3) is 0. The molecule has 7 heavy (non-hydrogen) atoms. The lowest BCUT2D eigenvalue weighted by atomic mass is 10.8. The molecule has 4 nitrogen and oxygen atoms in total. The zero-order valence-electron chi connectivity index (χ0n) is 3.46. The molecule has 0 spiro atoms. The van der Waals surface area contributed by atoms with Crippen LogP contribution in [0, 0.1) is 0 Å². The maximum absolute atomic E-state index is 9.79. The monoisotopic (exact) mass is 100 g/mol. The van der Waals surface area contributed by atoms with E-state index in [0.29, 0.717) is 0 Å². The standard InChI is InChI=1S/C3H4N2O2/c6-3(7)5-2-1-4-5/h1-2,4H,(H,6,7). The third-order valence-corrected chi connectivity index (χ3v) is 0.643. The van der Waals surface area contributed by atoms with Crippen molar-refractivity contribution in [2.75, 3.05) is 0 Å². The number of H-pyrrole nitrogens is 1. The predicted octanol–water partition coefficient (Wildman–Crippen LogP) is 0.342. The Morgan fingerprint density at radius 2 is 2.43 bits per heavy atom. The fourth-order valence-electron chi connectivity index (χ4n) is 0.268. The summed E-state index contributed by atoms with van der Waals surface area (Å²) in [5, 5.41) is 10.4. The summed E-state index contributed by atoms with van der Waals surface area (Å²) in [6.45, 7) is 0. The van der Waals surface area contributed by atoms with E-state index in [1.807, 2.05) is 0 Å². The largest absolute Gasteiger partial charge is 0.463 e. The summed E-state index contributed by atoms with van der Waals surface area (Å²) in [5.41, 5.74) is 0. The summed E-state index contributed by atoms with van der Waals surface area (Å²) < 4.78 is 0.958. The molecule has 0 saturated carbocycles. The molecule has 1 rings (SSSR count). The van der Waals surface area contributed by atoms with Gasteiger partial charge in [0.15, 0.2) is 0 Å². The van der Waals surface area contributed by atoms with Crippen LogP contribution in [0.3, 0.4) is 0 Å². The number of hydrogen-bond acceptors (Lipinski definition) is 1. The van der Waals surface area contributed by atoms with Gasteiger partial charge in [-0.15, -0.1) is 0 Å². The van der Waals surface area contributed by atoms with Gasteiger partial charge in [-0.1, -0.05) is 0 Å². The van der Waals surface area contributed by atoms with Crippen LogP contribution in [0.1, 0.15) is 0 Å². The third-order valence-electron chi connectivity index (χ3n) is 0.643. The number of hydrogen-bond donors (Lipinski definition) is 2. The van der Waals surface area contributed by atoms with Crippen molar-refractivity contribution in [2.45, 2.75) is 0 Å². The summed E-state index contributed by atoms with van der Waals surface area (Å²) in [6, 6.07) is 0. The van der Waals surface area contributed by atoms with Crippen molar-refractivity contribution in [2.24, 2.45) is 0 Å². The van der Waals surface area contributed by atoms with Gasteiger partial charge in [0.2, 0.25) is 0 Å². The van der Waals surface area contributed by atoms with Gasteiger partial charge in [-0.3, -0.25) is 5.10 Å². The highest BCUT2D eigenvalue weighted by Gasteiger charge is 1.95. The van der Waals surface area contributed by atoms with E-state index in [9.17, 15) is 4.79 Å². The van der Waals surface area contributed by atoms with Crippen LogP contribution in [0.5, 0.6) is 0 Å². The van der Waals surface area contributed by atoms with Crippen LogP contribution in [-0.2, 0) is 0 Å². The number of nitrogens with zero attached hydrogens (tertiary/aromatic N) is 1. The molecule has 0 atom stereocenters. The molecule has 0 saturated heterocycles. The van der Waals surface area contributed by atoms with Crippen molar-refractivity contribution in [3.63, 3.8) is 0 Å². The Bertz CT molecular complexity index is 155. The van der Waals surface area contributed by atoms with E-state index in [1.54, 1.807) is 0 Å². The molecule has 0 aliphatic rings. The molecule has 1 aromatic rings. The zero-order valence-corrected chi connectivity index (χ0v) is 3.46. The highest BCUT2D eigenvalue weighted by Crippen LogP contribution is 1.80. The Morgan fingerprint density at radius 3 is 2.43 bits per heavy atom. The van der Waals surface area contributed by atoms with Crippen molar-refractivity contribution < 1.29 is 9.90 Å². The number of rotatable bonds is 0. The van der Waals surface area contributed by atoms with Crippen LogP contribution in [0.25, 0.3) is 0 Å². The summed E-state index contributed by atoms with van der Waals surface area (Å²) in [6.07, 6.45) is 1.97. The van der Waals surface area contributed by atoms with E-state index in [4.69, 9.17) is 5.11 Å². The van der Waals surface area contributed by atoms with Crippen LogP contribution in [0.2, 0.25) is 0 Å². The maximum Gasteiger partial charge on any atom is 0.430 e. The SMILES string of the molecule is O=C(O)n1cc[nH]1. The molecule has 4 heteroatoms. The van der Waals surface area contributed by atoms with Crippen LogP contribution in [0.15, 0.2) is 12.4 Å². The first kappa shape index (κ1) is 3.98. The van der Waals surface area contributed by atoms with Crippen molar-refractivity contribution in [1.29, 1.82) is 0 Å². The number of nitrogens with one attached hydrogen (secondary N) is 1. The summed E-state index contributed by atoms with van der Waals surface area (Å²) in [4.78, 5) is 9.79. The average molecular weight is 100 g/mol. The van der Waals surface area contributed by atoms with E-state index in [-0.39, 0.29) is 0 Å². The van der Waals surface area contributed by atoms with Gasteiger partial charge in [0.1, 0.15) is 0 Å². The third kappa shape index (κ3) is 0.489. The Kier molecular flexibility index (Phi) is 0.651. The Hall–Kier alpha value is -1.19. The minimum atomic E-state index is -0.984. The minimum Gasteiger partial charge on any atom is -0.463 e. The second-order valence-electron chi connectivity index (χ2n) is 1.10. The van der Waals surface area contributed by atoms with Crippen molar-refractivity contribution in [3.05, 3.63) is 12.4 Å². The Labute approximate surface area is 39.3 Å². The second kappa shape index (κ2) is 1.14. The maximum atomic E-state index is 9.79. The van der Waals surface area contributed by atoms with Crippen molar-refractivity contribution in [1.82, 2.24) is 9.78 Å². The van der Waals surface area contributed by atoms with Gasteiger partial charge in [-0.25, -0.2) is 4.79 Å². The molecule has 1 heterocycles. The second-order valence-corrected chi connectivity index (χ2v) is 1.10. The summed E-state index contributed by atoms with van der Waals surface area (Å²) in [7, 11) is 0. The molecular formula is C3H4N2O2. The summed E-state index contributed by atoms with van der Waals surface area (Å²) >= 11 is 0. The van der Waals surface area contributed by atoms with Crippen LogP contribution in [-0.4, -0.2) is 21.0 Å².